The van der Waals surface area contributed by atoms with E-state index in [4.69, 9.17) is 16.3 Å². The van der Waals surface area contributed by atoms with Gasteiger partial charge in [0, 0.05) is 30.9 Å². The monoisotopic (exact) mass is 333 g/mol. The molecule has 118 valence electrons. The quantitative estimate of drug-likeness (QED) is 0.741. The number of hydrogen-bond acceptors (Lipinski definition) is 5. The van der Waals surface area contributed by atoms with Crippen molar-refractivity contribution in [3.05, 3.63) is 47.6 Å². The fourth-order valence-corrected chi connectivity index (χ4v) is 2.23. The molecule has 23 heavy (non-hydrogen) atoms. The molecule has 0 radical (unpaired) electrons. The largest absolute Gasteiger partial charge is 0.497 e. The summed E-state index contributed by atoms with van der Waals surface area (Å²) in [4.78, 5) is 7.86. The molecule has 1 N–H and O–H groups in total. The first-order valence-electron chi connectivity index (χ1n) is 6.70. The lowest BCUT2D eigenvalue weighted by atomic mass is 10.1. The van der Waals surface area contributed by atoms with Crippen LogP contribution in [-0.4, -0.2) is 26.9 Å². The number of aryl methyl sites for hydroxylation is 1. The Bertz CT molecular complexity index is 852. The Hall–Kier alpha value is -2.67. The number of hydrogen-bond donors (Lipinski definition) is 1. The van der Waals surface area contributed by atoms with Gasteiger partial charge in [0.05, 0.1) is 12.8 Å². The summed E-state index contributed by atoms with van der Waals surface area (Å²) in [6.07, 6.45) is 1.54. The molecule has 6 nitrogen and oxygen atoms in total. The lowest BCUT2D eigenvalue weighted by Gasteiger charge is -2.04. The average molecular weight is 334 g/mol. The van der Waals surface area contributed by atoms with E-state index in [1.165, 1.54) is 19.4 Å². The van der Waals surface area contributed by atoms with E-state index in [0.29, 0.717) is 28.6 Å². The molecule has 0 fully saturated rings. The summed E-state index contributed by atoms with van der Waals surface area (Å²) in [5.41, 5.74) is 0.880. The zero-order valence-corrected chi connectivity index (χ0v) is 13.2. The fraction of sp³-hybridized carbons (Fsp3) is 0.133. The molecule has 0 amide bonds. The van der Waals surface area contributed by atoms with Crippen LogP contribution in [0.5, 0.6) is 5.75 Å². The molecule has 1 aromatic carbocycles. The first-order chi connectivity index (χ1) is 11.1. The number of nitrogens with zero attached hydrogens (tertiary/aromatic N) is 4. The van der Waals surface area contributed by atoms with Crippen molar-refractivity contribution in [3.63, 3.8) is 0 Å². The molecule has 8 heteroatoms. The first kappa shape index (κ1) is 15.2. The number of rotatable bonds is 4. The number of nitrogens with one attached hydrogen (secondary N) is 1. The van der Waals surface area contributed by atoms with Crippen LogP contribution in [-0.2, 0) is 7.05 Å². The van der Waals surface area contributed by atoms with Gasteiger partial charge in [0.1, 0.15) is 23.2 Å². The third kappa shape index (κ3) is 3.24. The van der Waals surface area contributed by atoms with Crippen LogP contribution in [0.2, 0.25) is 5.28 Å². The maximum atomic E-state index is 14.2. The Kier molecular flexibility index (Phi) is 4.12. The SMILES string of the molecule is COc1ccc(-c2cc(Nc3ccnc(Cl)n3)n(C)n2)c(F)c1. The number of halogens is 2. The van der Waals surface area contributed by atoms with E-state index in [-0.39, 0.29) is 5.28 Å². The van der Waals surface area contributed by atoms with Crippen molar-refractivity contribution < 1.29 is 9.13 Å². The summed E-state index contributed by atoms with van der Waals surface area (Å²) in [5, 5.41) is 7.51. The van der Waals surface area contributed by atoms with Crippen molar-refractivity contribution in [2.24, 2.45) is 7.05 Å². The second-order valence-electron chi connectivity index (χ2n) is 4.72. The molecule has 0 atom stereocenters. The second kappa shape index (κ2) is 6.21. The zero-order valence-electron chi connectivity index (χ0n) is 12.4. The standard InChI is InChI=1S/C15H13ClFN5O/c1-22-14(19-13-5-6-18-15(16)20-13)8-12(21-22)10-4-3-9(23-2)7-11(10)17/h3-8H,1-2H3,(H,18,19,20). The number of methoxy groups -OCH3 is 1. The van der Waals surface area contributed by atoms with E-state index in [1.807, 2.05) is 0 Å². The predicted octanol–water partition coefficient (Wildman–Crippen LogP) is 3.42. The zero-order chi connectivity index (χ0) is 16.4. The first-order valence-corrected chi connectivity index (χ1v) is 7.08. The average Bonchev–Trinajstić information content (AvgIpc) is 2.88. The maximum absolute atomic E-state index is 14.2. The van der Waals surface area contributed by atoms with Gasteiger partial charge in [-0.25, -0.2) is 14.4 Å². The highest BCUT2D eigenvalue weighted by Gasteiger charge is 2.13. The van der Waals surface area contributed by atoms with Crippen molar-refractivity contribution in [1.82, 2.24) is 19.7 Å². The molecule has 0 aliphatic heterocycles. The van der Waals surface area contributed by atoms with Crippen LogP contribution in [0.4, 0.5) is 16.0 Å². The van der Waals surface area contributed by atoms with Gasteiger partial charge in [-0.15, -0.1) is 0 Å². The van der Waals surface area contributed by atoms with Gasteiger partial charge in [0.2, 0.25) is 5.28 Å². The molecule has 0 aliphatic carbocycles. The molecule has 2 aromatic heterocycles. The Labute approximate surface area is 136 Å². The Morgan fingerprint density at radius 1 is 1.26 bits per heavy atom. The van der Waals surface area contributed by atoms with Gasteiger partial charge in [0.25, 0.3) is 0 Å². The molecule has 0 spiro atoms. The Morgan fingerprint density at radius 2 is 2.09 bits per heavy atom. The topological polar surface area (TPSA) is 64.9 Å². The van der Waals surface area contributed by atoms with Crippen LogP contribution in [0.15, 0.2) is 36.5 Å². The highest BCUT2D eigenvalue weighted by atomic mass is 35.5. The summed E-state index contributed by atoms with van der Waals surface area (Å²) >= 11 is 5.76. The lowest BCUT2D eigenvalue weighted by Crippen LogP contribution is -2.01. The maximum Gasteiger partial charge on any atom is 0.224 e. The molecule has 0 aliphatic rings. The molecule has 0 saturated carbocycles. The van der Waals surface area contributed by atoms with Crippen molar-refractivity contribution in [2.75, 3.05) is 12.4 Å². The highest BCUT2D eigenvalue weighted by molar-refractivity contribution is 6.28. The van der Waals surface area contributed by atoms with Gasteiger partial charge in [0.15, 0.2) is 0 Å². The normalized spacial score (nSPS) is 10.6. The van der Waals surface area contributed by atoms with E-state index < -0.39 is 5.82 Å². The summed E-state index contributed by atoms with van der Waals surface area (Å²) in [6.45, 7) is 0. The van der Waals surface area contributed by atoms with Gasteiger partial charge in [-0.3, -0.25) is 4.68 Å². The van der Waals surface area contributed by atoms with Gasteiger partial charge in [-0.2, -0.15) is 5.10 Å². The third-order valence-corrected chi connectivity index (χ3v) is 3.40. The Morgan fingerprint density at radius 3 is 2.78 bits per heavy atom. The van der Waals surface area contributed by atoms with Crippen molar-refractivity contribution in [2.45, 2.75) is 0 Å². The van der Waals surface area contributed by atoms with Crippen LogP contribution in [0, 0.1) is 5.82 Å². The van der Waals surface area contributed by atoms with E-state index in [1.54, 1.807) is 36.0 Å². The second-order valence-corrected chi connectivity index (χ2v) is 5.06. The van der Waals surface area contributed by atoms with Crippen molar-refractivity contribution >= 4 is 23.2 Å². The number of aromatic nitrogens is 4. The highest BCUT2D eigenvalue weighted by Crippen LogP contribution is 2.28. The minimum atomic E-state index is -0.404. The van der Waals surface area contributed by atoms with E-state index in [2.05, 4.69) is 20.4 Å². The van der Waals surface area contributed by atoms with Crippen LogP contribution in [0.25, 0.3) is 11.3 Å². The van der Waals surface area contributed by atoms with Crippen molar-refractivity contribution in [1.29, 1.82) is 0 Å². The summed E-state index contributed by atoms with van der Waals surface area (Å²) < 4.78 is 20.7. The number of benzene rings is 1. The van der Waals surface area contributed by atoms with E-state index in [0.717, 1.165) is 0 Å². The summed E-state index contributed by atoms with van der Waals surface area (Å²) in [6, 6.07) is 8.03. The fourth-order valence-electron chi connectivity index (χ4n) is 2.08. The smallest absolute Gasteiger partial charge is 0.224 e. The predicted molar refractivity (Wildman–Crippen MR) is 85.5 cm³/mol. The molecular formula is C15H13ClFN5O. The number of anilines is 2. The van der Waals surface area contributed by atoms with Crippen LogP contribution in [0.3, 0.4) is 0 Å². The minimum absolute atomic E-state index is 0.138. The molecule has 3 aromatic rings. The Balaban J connectivity index is 1.92. The summed E-state index contributed by atoms with van der Waals surface area (Å²) in [7, 11) is 3.24. The molecule has 2 heterocycles. The van der Waals surface area contributed by atoms with Crippen LogP contribution >= 0.6 is 11.6 Å². The van der Waals surface area contributed by atoms with E-state index in [9.17, 15) is 4.39 Å². The molecule has 0 saturated heterocycles. The molecule has 0 bridgehead atoms. The third-order valence-electron chi connectivity index (χ3n) is 3.21. The minimum Gasteiger partial charge on any atom is -0.497 e. The summed E-state index contributed by atoms with van der Waals surface area (Å²) in [5.74, 6) is 1.22. The van der Waals surface area contributed by atoms with Gasteiger partial charge < -0.3 is 10.1 Å². The molecular weight excluding hydrogens is 321 g/mol. The lowest BCUT2D eigenvalue weighted by molar-refractivity contribution is 0.411. The molecule has 3 rings (SSSR count). The van der Waals surface area contributed by atoms with Crippen LogP contribution < -0.4 is 10.1 Å². The van der Waals surface area contributed by atoms with Gasteiger partial charge in [-0.1, -0.05) is 0 Å². The van der Waals surface area contributed by atoms with Gasteiger partial charge in [-0.05, 0) is 29.8 Å². The van der Waals surface area contributed by atoms with Gasteiger partial charge >= 0.3 is 0 Å². The van der Waals surface area contributed by atoms with Crippen LogP contribution in [0.1, 0.15) is 0 Å². The number of ether oxygens (including phenoxy) is 1. The molecule has 0 unspecified atom stereocenters. The van der Waals surface area contributed by atoms with E-state index >= 15 is 0 Å². The van der Waals surface area contributed by atoms with Crippen molar-refractivity contribution in [3.8, 4) is 17.0 Å².